The molecule has 7 heteroatoms. The van der Waals surface area contributed by atoms with E-state index in [1.807, 2.05) is 44.2 Å². The van der Waals surface area contributed by atoms with Gasteiger partial charge in [-0.15, -0.1) is 0 Å². The molecule has 0 aliphatic carbocycles. The highest BCUT2D eigenvalue weighted by Crippen LogP contribution is 2.21. The number of halogens is 1. The van der Waals surface area contributed by atoms with Crippen molar-refractivity contribution in [2.45, 2.75) is 20.4 Å². The molecule has 0 unspecified atom stereocenters. The first kappa shape index (κ1) is 17.4. The zero-order valence-corrected chi connectivity index (χ0v) is 15.4. The topological polar surface area (TPSA) is 62.7 Å². The number of hydrogen-bond acceptors (Lipinski definition) is 3. The Morgan fingerprint density at radius 3 is 2.68 bits per heavy atom. The number of benzene rings is 2. The van der Waals surface area contributed by atoms with E-state index in [-0.39, 0.29) is 12.5 Å². The summed E-state index contributed by atoms with van der Waals surface area (Å²) in [5.41, 5.74) is 3.80. The number of nitrogens with one attached hydrogen (secondary N) is 2. The Kier molecular flexibility index (Phi) is 5.01. The molecule has 0 aliphatic rings. The van der Waals surface area contributed by atoms with Crippen LogP contribution in [0.2, 0.25) is 5.02 Å². The molecule has 1 heterocycles. The smallest absolute Gasteiger partial charge is 0.244 e. The van der Waals surface area contributed by atoms with Crippen LogP contribution in [0, 0.1) is 18.6 Å². The summed E-state index contributed by atoms with van der Waals surface area (Å²) < 4.78 is 2.06. The second-order valence-electron chi connectivity index (χ2n) is 5.74. The molecule has 0 atom stereocenters. The molecule has 0 spiro atoms. The number of amides is 1. The fourth-order valence-corrected chi connectivity index (χ4v) is 2.83. The Hall–Kier alpha value is -2.44. The quantitative estimate of drug-likeness (QED) is 0.662. The van der Waals surface area contributed by atoms with Crippen molar-refractivity contribution in [3.8, 4) is 11.4 Å². The average molecular weight is 373 g/mol. The summed E-state index contributed by atoms with van der Waals surface area (Å²) in [5, 5.41) is 10.5. The predicted octanol–water partition coefficient (Wildman–Crippen LogP) is 4.52. The number of aromatic nitrogens is 3. The van der Waals surface area contributed by atoms with Crippen molar-refractivity contribution in [1.82, 2.24) is 14.8 Å². The third-order valence-electron chi connectivity index (χ3n) is 4.04. The first-order valence-corrected chi connectivity index (χ1v) is 8.51. The van der Waals surface area contributed by atoms with Crippen molar-refractivity contribution in [3.05, 3.63) is 63.4 Å². The third-order valence-corrected chi connectivity index (χ3v) is 4.60. The lowest BCUT2D eigenvalue weighted by Gasteiger charge is -2.11. The second-order valence-corrected chi connectivity index (χ2v) is 6.56. The van der Waals surface area contributed by atoms with Gasteiger partial charge in [0.25, 0.3) is 0 Å². The van der Waals surface area contributed by atoms with Crippen LogP contribution in [0.5, 0.6) is 0 Å². The Labute approximate surface area is 155 Å². The maximum Gasteiger partial charge on any atom is 0.244 e. The Bertz CT molecular complexity index is 975. The molecule has 0 bridgehead atoms. The van der Waals surface area contributed by atoms with Crippen LogP contribution in [0.25, 0.3) is 11.4 Å². The molecule has 1 amide bonds. The van der Waals surface area contributed by atoms with Gasteiger partial charge in [-0.3, -0.25) is 14.5 Å². The van der Waals surface area contributed by atoms with Gasteiger partial charge < -0.3 is 5.32 Å². The number of aromatic amines is 1. The number of aryl methyl sites for hydroxylation is 1. The molecule has 1 aromatic heterocycles. The van der Waals surface area contributed by atoms with Crippen molar-refractivity contribution in [2.75, 3.05) is 5.32 Å². The fourth-order valence-electron chi connectivity index (χ4n) is 2.50. The van der Waals surface area contributed by atoms with Gasteiger partial charge >= 0.3 is 0 Å². The lowest BCUT2D eigenvalue weighted by Crippen LogP contribution is -2.20. The highest BCUT2D eigenvalue weighted by molar-refractivity contribution is 7.71. The molecular formula is C18H17ClN4OS. The number of carbonyl (C=O) groups is 1. The summed E-state index contributed by atoms with van der Waals surface area (Å²) in [6.45, 7) is 4.06. The minimum atomic E-state index is -0.165. The van der Waals surface area contributed by atoms with E-state index in [0.717, 1.165) is 22.4 Å². The zero-order chi connectivity index (χ0) is 18.0. The number of carbonyl (C=O) groups excluding carboxylic acids is 1. The molecule has 3 rings (SSSR count). The van der Waals surface area contributed by atoms with Crippen LogP contribution < -0.4 is 5.32 Å². The van der Waals surface area contributed by atoms with Gasteiger partial charge in [0, 0.05) is 16.3 Å². The maximum absolute atomic E-state index is 12.5. The first-order chi connectivity index (χ1) is 12.0. The Morgan fingerprint density at radius 1 is 1.24 bits per heavy atom. The number of H-pyrrole nitrogens is 1. The lowest BCUT2D eigenvalue weighted by molar-refractivity contribution is -0.116. The number of nitrogens with zero attached hydrogens (tertiary/aromatic N) is 2. The van der Waals surface area contributed by atoms with Gasteiger partial charge in [0.15, 0.2) is 10.6 Å². The van der Waals surface area contributed by atoms with Crippen molar-refractivity contribution in [1.29, 1.82) is 0 Å². The van der Waals surface area contributed by atoms with Crippen LogP contribution >= 0.6 is 23.8 Å². The fraction of sp³-hybridized carbons (Fsp3) is 0.167. The van der Waals surface area contributed by atoms with E-state index < -0.39 is 0 Å². The van der Waals surface area contributed by atoms with Crippen molar-refractivity contribution in [2.24, 2.45) is 0 Å². The number of anilines is 1. The molecule has 0 saturated heterocycles. The molecule has 0 saturated carbocycles. The Balaban J connectivity index is 1.84. The molecule has 0 fully saturated rings. The predicted molar refractivity (Wildman–Crippen MR) is 102 cm³/mol. The SMILES string of the molecule is Cc1cccc(NC(=O)Cn2c(-c3ccc(Cl)cc3)n[nH]c2=S)c1C. The molecule has 5 nitrogen and oxygen atoms in total. The minimum Gasteiger partial charge on any atom is -0.324 e. The summed E-state index contributed by atoms with van der Waals surface area (Å²) in [6, 6.07) is 13.0. The number of hydrogen-bond donors (Lipinski definition) is 2. The van der Waals surface area contributed by atoms with Gasteiger partial charge in [-0.25, -0.2) is 0 Å². The van der Waals surface area contributed by atoms with Crippen molar-refractivity contribution in [3.63, 3.8) is 0 Å². The molecule has 128 valence electrons. The monoisotopic (exact) mass is 372 g/mol. The van der Waals surface area contributed by atoms with Gasteiger partial charge in [-0.2, -0.15) is 5.10 Å². The summed E-state index contributed by atoms with van der Waals surface area (Å²) in [4.78, 5) is 12.5. The van der Waals surface area contributed by atoms with Gasteiger partial charge in [-0.1, -0.05) is 23.7 Å². The summed E-state index contributed by atoms with van der Waals surface area (Å²) in [6.07, 6.45) is 0. The van der Waals surface area contributed by atoms with Crippen LogP contribution in [-0.4, -0.2) is 20.7 Å². The highest BCUT2D eigenvalue weighted by Gasteiger charge is 2.13. The lowest BCUT2D eigenvalue weighted by atomic mass is 10.1. The van der Waals surface area contributed by atoms with Crippen LogP contribution in [0.4, 0.5) is 5.69 Å². The first-order valence-electron chi connectivity index (χ1n) is 7.73. The molecule has 2 N–H and O–H groups in total. The molecule has 2 aromatic carbocycles. The second kappa shape index (κ2) is 7.21. The summed E-state index contributed by atoms with van der Waals surface area (Å²) in [5.74, 6) is 0.430. The van der Waals surface area contributed by atoms with Crippen LogP contribution in [0.1, 0.15) is 11.1 Å². The highest BCUT2D eigenvalue weighted by atomic mass is 35.5. The number of rotatable bonds is 4. The third kappa shape index (κ3) is 3.81. The van der Waals surface area contributed by atoms with Gasteiger partial charge in [0.05, 0.1) is 0 Å². The van der Waals surface area contributed by atoms with E-state index in [0.29, 0.717) is 15.6 Å². The van der Waals surface area contributed by atoms with Crippen molar-refractivity contribution >= 4 is 35.4 Å². The van der Waals surface area contributed by atoms with E-state index in [4.69, 9.17) is 23.8 Å². The summed E-state index contributed by atoms with van der Waals surface area (Å²) in [7, 11) is 0. The molecule has 0 aliphatic heterocycles. The van der Waals surface area contributed by atoms with E-state index in [1.165, 1.54) is 0 Å². The normalized spacial score (nSPS) is 10.7. The minimum absolute atomic E-state index is 0.0701. The summed E-state index contributed by atoms with van der Waals surface area (Å²) >= 11 is 11.2. The maximum atomic E-state index is 12.5. The average Bonchev–Trinajstić information content (AvgIpc) is 2.93. The molecular weight excluding hydrogens is 356 g/mol. The van der Waals surface area contributed by atoms with Gasteiger partial charge in [0.1, 0.15) is 6.54 Å². The molecule has 0 radical (unpaired) electrons. The van der Waals surface area contributed by atoms with Crippen LogP contribution in [0.15, 0.2) is 42.5 Å². The molecule has 25 heavy (non-hydrogen) atoms. The largest absolute Gasteiger partial charge is 0.324 e. The van der Waals surface area contributed by atoms with Crippen molar-refractivity contribution < 1.29 is 4.79 Å². The van der Waals surface area contributed by atoms with Gasteiger partial charge in [-0.05, 0) is 67.5 Å². The van der Waals surface area contributed by atoms with Crippen LogP contribution in [0.3, 0.4) is 0 Å². The van der Waals surface area contributed by atoms with Crippen LogP contribution in [-0.2, 0) is 11.3 Å². The van der Waals surface area contributed by atoms with Gasteiger partial charge in [0.2, 0.25) is 5.91 Å². The van der Waals surface area contributed by atoms with E-state index >= 15 is 0 Å². The van der Waals surface area contributed by atoms with E-state index in [1.54, 1.807) is 16.7 Å². The van der Waals surface area contributed by atoms with E-state index in [9.17, 15) is 4.79 Å². The van der Waals surface area contributed by atoms with E-state index in [2.05, 4.69) is 15.5 Å². The Morgan fingerprint density at radius 2 is 1.96 bits per heavy atom. The standard InChI is InChI=1S/C18H17ClN4OS/c1-11-4-3-5-15(12(11)2)20-16(24)10-23-17(21-22-18(23)25)13-6-8-14(19)9-7-13/h3-9H,10H2,1-2H3,(H,20,24)(H,22,25). The zero-order valence-electron chi connectivity index (χ0n) is 13.8. The molecule has 3 aromatic rings.